The second kappa shape index (κ2) is 12.6. The van der Waals surface area contributed by atoms with Crippen molar-refractivity contribution in [2.24, 2.45) is 21.8 Å². The van der Waals surface area contributed by atoms with Crippen LogP contribution in [0, 0.1) is 18.8 Å². The molecule has 0 saturated carbocycles. The smallest absolute Gasteiger partial charge is 0.251 e. The minimum absolute atomic E-state index is 0.00315. The van der Waals surface area contributed by atoms with Gasteiger partial charge in [-0.25, -0.2) is 13.8 Å². The molecule has 32 heavy (non-hydrogen) atoms. The van der Waals surface area contributed by atoms with Crippen LogP contribution in [0.1, 0.15) is 50.2 Å². The maximum Gasteiger partial charge on any atom is 0.251 e. The Balaban J connectivity index is 2.22. The molecule has 0 radical (unpaired) electrons. The Labute approximate surface area is 189 Å². The van der Waals surface area contributed by atoms with Crippen molar-refractivity contribution in [3.05, 3.63) is 35.4 Å². The van der Waals surface area contributed by atoms with Crippen LogP contribution in [-0.2, 0) is 16.0 Å². The number of rotatable bonds is 10. The summed E-state index contributed by atoms with van der Waals surface area (Å²) >= 11 is 0. The Kier molecular flexibility index (Phi) is 10.2. The lowest BCUT2D eigenvalue weighted by molar-refractivity contribution is -0.123. The molecule has 0 bridgehead atoms. The van der Waals surface area contributed by atoms with E-state index >= 15 is 0 Å². The van der Waals surface area contributed by atoms with Gasteiger partial charge < -0.3 is 15.2 Å². The summed E-state index contributed by atoms with van der Waals surface area (Å²) in [4.78, 5) is 21.5. The number of aliphatic imine (C=N–C) groups is 2. The van der Waals surface area contributed by atoms with Crippen LogP contribution in [0.25, 0.3) is 0 Å². The second-order valence-electron chi connectivity index (χ2n) is 8.22. The summed E-state index contributed by atoms with van der Waals surface area (Å²) in [6.07, 6.45) is 1.62. The predicted molar refractivity (Wildman–Crippen MR) is 122 cm³/mol. The van der Waals surface area contributed by atoms with Crippen molar-refractivity contribution in [2.45, 2.75) is 58.3 Å². The molecule has 8 heteroatoms. The fraction of sp³-hybridized carbons (Fsp3) is 0.625. The summed E-state index contributed by atoms with van der Waals surface area (Å²) < 4.78 is 33.2. The average Bonchev–Trinajstić information content (AvgIpc) is 2.94. The first kappa shape index (κ1) is 25.9. The SMILES string of the molecule is CCC(F)(F)CCOC1=NC(=NC)C(C(=O)NCCCO)CCC1Cc1ccc(C)cc1. The Morgan fingerprint density at radius 2 is 2.03 bits per heavy atom. The molecule has 0 aliphatic carbocycles. The summed E-state index contributed by atoms with van der Waals surface area (Å²) in [5.74, 6) is -2.96. The summed E-state index contributed by atoms with van der Waals surface area (Å²) in [5, 5.41) is 11.8. The lowest BCUT2D eigenvalue weighted by Crippen LogP contribution is -2.35. The molecule has 1 aliphatic heterocycles. The molecule has 1 aliphatic rings. The highest BCUT2D eigenvalue weighted by Gasteiger charge is 2.33. The van der Waals surface area contributed by atoms with E-state index in [-0.39, 0.29) is 37.9 Å². The molecule has 1 heterocycles. The number of carbonyl (C=O) groups excluding carboxylic acids is 1. The van der Waals surface area contributed by atoms with Gasteiger partial charge in [0.25, 0.3) is 5.92 Å². The molecule has 0 fully saturated rings. The van der Waals surface area contributed by atoms with Crippen molar-refractivity contribution in [1.82, 2.24) is 5.32 Å². The first-order valence-electron chi connectivity index (χ1n) is 11.3. The number of carbonyl (C=O) groups is 1. The normalized spacial score (nSPS) is 20.6. The number of ether oxygens (including phenoxy) is 1. The topological polar surface area (TPSA) is 83.3 Å². The quantitative estimate of drug-likeness (QED) is 0.529. The first-order valence-corrected chi connectivity index (χ1v) is 11.3. The third kappa shape index (κ3) is 7.97. The van der Waals surface area contributed by atoms with Crippen molar-refractivity contribution in [1.29, 1.82) is 0 Å². The van der Waals surface area contributed by atoms with Crippen LogP contribution in [0.2, 0.25) is 0 Å². The van der Waals surface area contributed by atoms with E-state index in [1.54, 1.807) is 7.05 Å². The third-order valence-electron chi connectivity index (χ3n) is 5.71. The molecular weight excluding hydrogens is 416 g/mol. The van der Waals surface area contributed by atoms with E-state index < -0.39 is 11.8 Å². The number of alkyl halides is 2. The number of aliphatic hydroxyl groups is 1. The zero-order valence-corrected chi connectivity index (χ0v) is 19.2. The van der Waals surface area contributed by atoms with E-state index in [4.69, 9.17) is 9.84 Å². The summed E-state index contributed by atoms with van der Waals surface area (Å²) in [7, 11) is 1.57. The third-order valence-corrected chi connectivity index (χ3v) is 5.71. The van der Waals surface area contributed by atoms with E-state index in [0.29, 0.717) is 44.0 Å². The van der Waals surface area contributed by atoms with Gasteiger partial charge in [0.15, 0.2) is 5.90 Å². The van der Waals surface area contributed by atoms with Gasteiger partial charge in [-0.3, -0.25) is 9.79 Å². The Morgan fingerprint density at radius 1 is 1.31 bits per heavy atom. The van der Waals surface area contributed by atoms with Crippen molar-refractivity contribution in [3.63, 3.8) is 0 Å². The molecular formula is C24H35F2N3O3. The van der Waals surface area contributed by atoms with Gasteiger partial charge in [-0.05, 0) is 38.2 Å². The van der Waals surface area contributed by atoms with Crippen molar-refractivity contribution in [3.8, 4) is 0 Å². The summed E-state index contributed by atoms with van der Waals surface area (Å²) in [6, 6.07) is 8.14. The molecule has 0 spiro atoms. The van der Waals surface area contributed by atoms with E-state index in [1.807, 2.05) is 31.2 Å². The highest BCUT2D eigenvalue weighted by Crippen LogP contribution is 2.27. The van der Waals surface area contributed by atoms with Gasteiger partial charge in [0.2, 0.25) is 5.91 Å². The van der Waals surface area contributed by atoms with E-state index in [2.05, 4.69) is 15.3 Å². The van der Waals surface area contributed by atoms with Gasteiger partial charge in [0.1, 0.15) is 5.84 Å². The number of aliphatic hydroxyl groups excluding tert-OH is 1. The number of hydrogen-bond acceptors (Lipinski definition) is 4. The van der Waals surface area contributed by atoms with Gasteiger partial charge in [-0.1, -0.05) is 36.8 Å². The minimum Gasteiger partial charge on any atom is -0.480 e. The second-order valence-corrected chi connectivity index (χ2v) is 8.22. The van der Waals surface area contributed by atoms with Crippen molar-refractivity contribution < 1.29 is 23.4 Å². The first-order chi connectivity index (χ1) is 15.3. The van der Waals surface area contributed by atoms with E-state index in [1.165, 1.54) is 6.92 Å². The Bertz CT molecular complexity index is 794. The number of nitrogens with zero attached hydrogens (tertiary/aromatic N) is 2. The molecule has 178 valence electrons. The van der Waals surface area contributed by atoms with Crippen LogP contribution in [0.3, 0.4) is 0 Å². The molecule has 1 aromatic carbocycles. The fourth-order valence-corrected chi connectivity index (χ4v) is 3.60. The van der Waals surface area contributed by atoms with Crippen LogP contribution in [-0.4, -0.2) is 55.5 Å². The zero-order valence-electron chi connectivity index (χ0n) is 19.2. The lowest BCUT2D eigenvalue weighted by Gasteiger charge is -2.20. The zero-order chi connectivity index (χ0) is 23.6. The van der Waals surface area contributed by atoms with E-state index in [0.717, 1.165) is 11.1 Å². The fourth-order valence-electron chi connectivity index (χ4n) is 3.60. The van der Waals surface area contributed by atoms with Crippen LogP contribution in [0.15, 0.2) is 34.3 Å². The number of halogens is 2. The Morgan fingerprint density at radius 3 is 2.66 bits per heavy atom. The number of hydrogen-bond donors (Lipinski definition) is 2. The minimum atomic E-state index is -2.78. The summed E-state index contributed by atoms with van der Waals surface area (Å²) in [5.41, 5.74) is 2.25. The highest BCUT2D eigenvalue weighted by molar-refractivity contribution is 6.08. The van der Waals surface area contributed by atoms with Crippen LogP contribution in [0.5, 0.6) is 0 Å². The maximum atomic E-state index is 13.7. The average molecular weight is 452 g/mol. The highest BCUT2D eigenvalue weighted by atomic mass is 19.3. The summed E-state index contributed by atoms with van der Waals surface area (Å²) in [6.45, 7) is 3.69. The molecule has 0 aromatic heterocycles. The van der Waals surface area contributed by atoms with Gasteiger partial charge in [0.05, 0.1) is 12.5 Å². The molecule has 2 rings (SSSR count). The number of nitrogens with one attached hydrogen (secondary N) is 1. The van der Waals surface area contributed by atoms with Gasteiger partial charge in [0, 0.05) is 39.0 Å². The van der Waals surface area contributed by atoms with Crippen LogP contribution < -0.4 is 5.32 Å². The van der Waals surface area contributed by atoms with Crippen LogP contribution >= 0.6 is 0 Å². The number of amides is 1. The predicted octanol–water partition coefficient (Wildman–Crippen LogP) is 3.94. The Hall–Kier alpha value is -2.35. The van der Waals surface area contributed by atoms with Crippen molar-refractivity contribution in [2.75, 3.05) is 26.8 Å². The molecule has 2 atom stereocenters. The maximum absolute atomic E-state index is 13.7. The van der Waals surface area contributed by atoms with Gasteiger partial charge >= 0.3 is 0 Å². The van der Waals surface area contributed by atoms with Crippen molar-refractivity contribution >= 4 is 17.6 Å². The van der Waals surface area contributed by atoms with E-state index in [9.17, 15) is 13.6 Å². The van der Waals surface area contributed by atoms with Gasteiger partial charge in [-0.2, -0.15) is 0 Å². The monoisotopic (exact) mass is 451 g/mol. The molecule has 2 N–H and O–H groups in total. The largest absolute Gasteiger partial charge is 0.480 e. The van der Waals surface area contributed by atoms with Crippen LogP contribution in [0.4, 0.5) is 8.78 Å². The standard InChI is InChI=1S/C24H35F2N3O3/c1-4-24(25,26)12-15-32-23-19(16-18-8-6-17(2)7-9-18)10-11-20(21(27-3)29-23)22(31)28-13-5-14-30/h6-9,19-20,30H,4-5,10-16H2,1-3H3,(H,28,31). The molecule has 1 aromatic rings. The molecule has 6 nitrogen and oxygen atoms in total. The molecule has 1 amide bonds. The lowest BCUT2D eigenvalue weighted by atomic mass is 9.91. The molecule has 2 unspecified atom stereocenters. The molecule has 0 saturated heterocycles. The van der Waals surface area contributed by atoms with Gasteiger partial charge in [-0.15, -0.1) is 0 Å². The number of benzene rings is 1. The number of aryl methyl sites for hydroxylation is 1. The number of amidine groups is 1.